The minimum absolute atomic E-state index is 0.0740. The standard InChI is InChI=1S/C18H14O4/c1-11-7-9-13(10-8-11)17-18(21-12(2)19)16(20)14-5-3-4-6-15(14)22-17/h3-10H,1-2H3. The van der Waals surface area contributed by atoms with Gasteiger partial charge in [0.2, 0.25) is 11.2 Å². The van der Waals surface area contributed by atoms with Crippen molar-refractivity contribution in [3.05, 3.63) is 64.3 Å². The van der Waals surface area contributed by atoms with Crippen LogP contribution >= 0.6 is 0 Å². The van der Waals surface area contributed by atoms with E-state index in [1.54, 1.807) is 24.3 Å². The van der Waals surface area contributed by atoms with Gasteiger partial charge in [-0.3, -0.25) is 9.59 Å². The lowest BCUT2D eigenvalue weighted by Crippen LogP contribution is -2.13. The average Bonchev–Trinajstić information content (AvgIpc) is 2.50. The highest BCUT2D eigenvalue weighted by atomic mass is 16.5. The van der Waals surface area contributed by atoms with Crippen LogP contribution in [0.4, 0.5) is 0 Å². The number of benzene rings is 2. The van der Waals surface area contributed by atoms with E-state index in [0.29, 0.717) is 16.5 Å². The highest BCUT2D eigenvalue weighted by Crippen LogP contribution is 2.31. The molecule has 1 aromatic heterocycles. The molecule has 0 bridgehead atoms. The van der Waals surface area contributed by atoms with Gasteiger partial charge in [0.05, 0.1) is 5.39 Å². The second-order valence-electron chi connectivity index (χ2n) is 5.05. The molecule has 4 nitrogen and oxygen atoms in total. The van der Waals surface area contributed by atoms with Crippen molar-refractivity contribution in [2.24, 2.45) is 0 Å². The lowest BCUT2D eigenvalue weighted by Gasteiger charge is -2.09. The predicted octanol–water partition coefficient (Wildman–Crippen LogP) is 3.69. The van der Waals surface area contributed by atoms with Crippen molar-refractivity contribution in [1.29, 1.82) is 0 Å². The Balaban J connectivity index is 2.33. The third kappa shape index (κ3) is 2.51. The zero-order valence-electron chi connectivity index (χ0n) is 12.3. The molecule has 0 N–H and O–H groups in total. The second kappa shape index (κ2) is 5.48. The van der Waals surface area contributed by atoms with Crippen LogP contribution in [0.25, 0.3) is 22.3 Å². The molecular weight excluding hydrogens is 280 g/mol. The molecule has 0 aliphatic carbocycles. The number of carbonyl (C=O) groups is 1. The lowest BCUT2D eigenvalue weighted by atomic mass is 10.1. The van der Waals surface area contributed by atoms with Crippen LogP contribution in [0.15, 0.2) is 57.7 Å². The van der Waals surface area contributed by atoms with Crippen LogP contribution in [0.5, 0.6) is 5.75 Å². The molecule has 0 saturated carbocycles. The Bertz CT molecular complexity index is 905. The summed E-state index contributed by atoms with van der Waals surface area (Å²) in [4.78, 5) is 23.9. The van der Waals surface area contributed by atoms with Gasteiger partial charge in [-0.05, 0) is 19.1 Å². The molecule has 0 aliphatic rings. The predicted molar refractivity (Wildman–Crippen MR) is 84.0 cm³/mol. The molecule has 0 spiro atoms. The Morgan fingerprint density at radius 2 is 1.73 bits per heavy atom. The van der Waals surface area contributed by atoms with E-state index in [4.69, 9.17) is 9.15 Å². The molecule has 0 fully saturated rings. The van der Waals surface area contributed by atoms with Gasteiger partial charge < -0.3 is 9.15 Å². The molecule has 3 aromatic rings. The van der Waals surface area contributed by atoms with Gasteiger partial charge in [-0.1, -0.05) is 42.0 Å². The SMILES string of the molecule is CC(=O)Oc1c(-c2ccc(C)cc2)oc2ccccc2c1=O. The first-order valence-corrected chi connectivity index (χ1v) is 6.87. The Morgan fingerprint density at radius 3 is 2.41 bits per heavy atom. The van der Waals surface area contributed by atoms with Crippen molar-refractivity contribution >= 4 is 16.9 Å². The number of rotatable bonds is 2. The van der Waals surface area contributed by atoms with E-state index in [-0.39, 0.29) is 16.9 Å². The molecule has 0 saturated heterocycles. The summed E-state index contributed by atoms with van der Waals surface area (Å²) in [5, 5.41) is 0.384. The van der Waals surface area contributed by atoms with Gasteiger partial charge in [0.25, 0.3) is 0 Å². The normalized spacial score (nSPS) is 10.6. The highest BCUT2D eigenvalue weighted by molar-refractivity contribution is 5.83. The molecule has 0 aliphatic heterocycles. The minimum atomic E-state index is -0.559. The second-order valence-corrected chi connectivity index (χ2v) is 5.05. The smallest absolute Gasteiger partial charge is 0.308 e. The Kier molecular flexibility index (Phi) is 3.51. The number of hydrogen-bond donors (Lipinski definition) is 0. The molecule has 4 heteroatoms. The van der Waals surface area contributed by atoms with E-state index in [2.05, 4.69) is 0 Å². The van der Waals surface area contributed by atoms with E-state index < -0.39 is 5.97 Å². The van der Waals surface area contributed by atoms with E-state index in [0.717, 1.165) is 5.56 Å². The Labute approximate surface area is 127 Å². The van der Waals surface area contributed by atoms with Gasteiger partial charge >= 0.3 is 5.97 Å². The number of hydrogen-bond acceptors (Lipinski definition) is 4. The number of para-hydroxylation sites is 1. The first-order chi connectivity index (χ1) is 10.6. The van der Waals surface area contributed by atoms with Gasteiger partial charge in [-0.2, -0.15) is 0 Å². The van der Waals surface area contributed by atoms with E-state index >= 15 is 0 Å². The topological polar surface area (TPSA) is 56.5 Å². The van der Waals surface area contributed by atoms with Crippen molar-refractivity contribution in [3.63, 3.8) is 0 Å². The van der Waals surface area contributed by atoms with E-state index in [1.165, 1.54) is 6.92 Å². The zero-order chi connectivity index (χ0) is 15.7. The number of fused-ring (bicyclic) bond motifs is 1. The fourth-order valence-electron chi connectivity index (χ4n) is 2.26. The molecule has 0 atom stereocenters. The summed E-state index contributed by atoms with van der Waals surface area (Å²) in [6, 6.07) is 14.4. The Hall–Kier alpha value is -2.88. The molecule has 2 aromatic carbocycles. The molecule has 110 valence electrons. The summed E-state index contributed by atoms with van der Waals surface area (Å²) in [6.07, 6.45) is 0. The van der Waals surface area contributed by atoms with Crippen LogP contribution < -0.4 is 10.2 Å². The van der Waals surface area contributed by atoms with Gasteiger partial charge in [0.1, 0.15) is 5.58 Å². The molecule has 1 heterocycles. The van der Waals surface area contributed by atoms with Crippen molar-refractivity contribution in [3.8, 4) is 17.1 Å². The molecule has 0 radical (unpaired) electrons. The first-order valence-electron chi connectivity index (χ1n) is 6.87. The summed E-state index contributed by atoms with van der Waals surface area (Å²) >= 11 is 0. The summed E-state index contributed by atoms with van der Waals surface area (Å²) < 4.78 is 10.9. The monoisotopic (exact) mass is 294 g/mol. The maximum atomic E-state index is 12.6. The van der Waals surface area contributed by atoms with Gasteiger partial charge in [0.15, 0.2) is 5.76 Å². The van der Waals surface area contributed by atoms with Gasteiger partial charge in [-0.25, -0.2) is 0 Å². The summed E-state index contributed by atoms with van der Waals surface area (Å²) in [7, 11) is 0. The molecule has 0 unspecified atom stereocenters. The van der Waals surface area contributed by atoms with E-state index in [1.807, 2.05) is 31.2 Å². The van der Waals surface area contributed by atoms with E-state index in [9.17, 15) is 9.59 Å². The quantitative estimate of drug-likeness (QED) is 0.676. The largest absolute Gasteiger partial charge is 0.452 e. The number of aryl methyl sites for hydroxylation is 1. The summed E-state index contributed by atoms with van der Waals surface area (Å²) in [5.41, 5.74) is 1.87. The maximum absolute atomic E-state index is 12.6. The zero-order valence-corrected chi connectivity index (χ0v) is 12.3. The van der Waals surface area contributed by atoms with Gasteiger partial charge in [-0.15, -0.1) is 0 Å². The van der Waals surface area contributed by atoms with Crippen LogP contribution in [0, 0.1) is 6.92 Å². The third-order valence-electron chi connectivity index (χ3n) is 3.32. The lowest BCUT2D eigenvalue weighted by molar-refractivity contribution is -0.131. The van der Waals surface area contributed by atoms with Crippen molar-refractivity contribution in [2.75, 3.05) is 0 Å². The highest BCUT2D eigenvalue weighted by Gasteiger charge is 2.18. The first kappa shape index (κ1) is 14.1. The fourth-order valence-corrected chi connectivity index (χ4v) is 2.26. The van der Waals surface area contributed by atoms with Crippen LogP contribution in [0.2, 0.25) is 0 Å². The minimum Gasteiger partial charge on any atom is -0.452 e. The van der Waals surface area contributed by atoms with Crippen LogP contribution in [-0.2, 0) is 4.79 Å². The Morgan fingerprint density at radius 1 is 1.05 bits per heavy atom. The van der Waals surface area contributed by atoms with Crippen molar-refractivity contribution in [2.45, 2.75) is 13.8 Å². The molecular formula is C18H14O4. The van der Waals surface area contributed by atoms with Crippen molar-refractivity contribution in [1.82, 2.24) is 0 Å². The number of ether oxygens (including phenoxy) is 1. The number of esters is 1. The maximum Gasteiger partial charge on any atom is 0.308 e. The molecule has 22 heavy (non-hydrogen) atoms. The van der Waals surface area contributed by atoms with Gasteiger partial charge in [0, 0.05) is 12.5 Å². The summed E-state index contributed by atoms with van der Waals surface area (Å²) in [5.74, 6) is -0.370. The molecule has 0 amide bonds. The van der Waals surface area contributed by atoms with Crippen molar-refractivity contribution < 1.29 is 13.9 Å². The van der Waals surface area contributed by atoms with Crippen LogP contribution in [0.3, 0.4) is 0 Å². The van der Waals surface area contributed by atoms with Crippen LogP contribution in [-0.4, -0.2) is 5.97 Å². The summed E-state index contributed by atoms with van der Waals surface area (Å²) in [6.45, 7) is 3.22. The molecule has 3 rings (SSSR count). The third-order valence-corrected chi connectivity index (χ3v) is 3.32. The van der Waals surface area contributed by atoms with Crippen LogP contribution in [0.1, 0.15) is 12.5 Å². The number of carbonyl (C=O) groups excluding carboxylic acids is 1. The fraction of sp³-hybridized carbons (Fsp3) is 0.111. The average molecular weight is 294 g/mol.